The summed E-state index contributed by atoms with van der Waals surface area (Å²) in [6.07, 6.45) is 3.49. The molecule has 2 rings (SSSR count). The molecular formula is C13H25N3O2S. The van der Waals surface area contributed by atoms with Gasteiger partial charge in [0.05, 0.1) is 12.0 Å². The molecule has 110 valence electrons. The highest BCUT2D eigenvalue weighted by molar-refractivity contribution is 8.00. The quantitative estimate of drug-likeness (QED) is 0.872. The van der Waals surface area contributed by atoms with Gasteiger partial charge in [0.25, 0.3) is 0 Å². The van der Waals surface area contributed by atoms with Crippen molar-refractivity contribution in [3.63, 3.8) is 0 Å². The molecule has 0 radical (unpaired) electrons. The van der Waals surface area contributed by atoms with Crippen molar-refractivity contribution in [2.75, 3.05) is 12.3 Å². The number of aromatic nitrogens is 2. The monoisotopic (exact) mass is 287 g/mol. The summed E-state index contributed by atoms with van der Waals surface area (Å²) < 4.78 is 1.58. The van der Waals surface area contributed by atoms with Gasteiger partial charge in [-0.1, -0.05) is 27.7 Å². The molecule has 1 aliphatic rings. The van der Waals surface area contributed by atoms with Crippen LogP contribution in [0, 0.1) is 0 Å². The second-order valence-corrected chi connectivity index (χ2v) is 5.00. The van der Waals surface area contributed by atoms with Crippen molar-refractivity contribution in [2.24, 2.45) is 0 Å². The normalized spacial score (nSPS) is 20.9. The molecule has 2 atom stereocenters. The highest BCUT2D eigenvalue weighted by atomic mass is 32.2. The minimum Gasteiger partial charge on any atom is -0.395 e. The molecule has 2 heterocycles. The molecule has 0 bridgehead atoms. The summed E-state index contributed by atoms with van der Waals surface area (Å²) in [5.74, 6) is 0.248. The van der Waals surface area contributed by atoms with Gasteiger partial charge in [0.1, 0.15) is 5.82 Å². The van der Waals surface area contributed by atoms with E-state index in [2.05, 4.69) is 4.98 Å². The standard InChI is InChI=1S/C9H13N3O2S.2C2H6/c10-7-3-4-12(9(14)11-7)8-2-1-6(5-13)15-8;2*1-2/h3-4,6,8,13H,1-2,5H2,(H2,10,11,14);2*1-2H3. The largest absolute Gasteiger partial charge is 0.395 e. The summed E-state index contributed by atoms with van der Waals surface area (Å²) in [4.78, 5) is 15.2. The SMILES string of the molecule is CC.CC.Nc1ccn(C2CCC(CO)S2)c(=O)n1. The Labute approximate surface area is 119 Å². The molecule has 2 unspecified atom stereocenters. The molecule has 0 spiro atoms. The predicted octanol–water partition coefficient (Wildman–Crippen LogP) is 2.26. The van der Waals surface area contributed by atoms with Gasteiger partial charge < -0.3 is 10.8 Å². The van der Waals surface area contributed by atoms with E-state index in [4.69, 9.17) is 10.8 Å². The van der Waals surface area contributed by atoms with Crippen molar-refractivity contribution in [3.05, 3.63) is 22.7 Å². The number of hydrogen-bond donors (Lipinski definition) is 2. The van der Waals surface area contributed by atoms with Crippen LogP contribution in [-0.2, 0) is 0 Å². The molecule has 1 fully saturated rings. The van der Waals surface area contributed by atoms with Gasteiger partial charge >= 0.3 is 5.69 Å². The lowest BCUT2D eigenvalue weighted by molar-refractivity contribution is 0.292. The maximum Gasteiger partial charge on any atom is 0.350 e. The fourth-order valence-electron chi connectivity index (χ4n) is 1.67. The third-order valence-corrected chi connectivity index (χ3v) is 4.00. The molecule has 1 aliphatic heterocycles. The number of hydrogen-bond acceptors (Lipinski definition) is 5. The van der Waals surface area contributed by atoms with Gasteiger partial charge in [-0.15, -0.1) is 11.8 Å². The zero-order valence-electron chi connectivity index (χ0n) is 12.2. The number of nitrogens with zero attached hydrogens (tertiary/aromatic N) is 2. The zero-order chi connectivity index (χ0) is 14.8. The first-order valence-corrected chi connectivity index (χ1v) is 7.76. The zero-order valence-corrected chi connectivity index (χ0v) is 13.0. The van der Waals surface area contributed by atoms with Gasteiger partial charge in [-0.2, -0.15) is 4.98 Å². The van der Waals surface area contributed by atoms with Crippen LogP contribution in [0.2, 0.25) is 0 Å². The van der Waals surface area contributed by atoms with Gasteiger partial charge in [-0.3, -0.25) is 4.57 Å². The van der Waals surface area contributed by atoms with Crippen molar-refractivity contribution in [1.82, 2.24) is 9.55 Å². The van der Waals surface area contributed by atoms with E-state index in [1.54, 1.807) is 28.6 Å². The Morgan fingerprint density at radius 2 is 2.05 bits per heavy atom. The van der Waals surface area contributed by atoms with Crippen LogP contribution in [0.25, 0.3) is 0 Å². The van der Waals surface area contributed by atoms with Gasteiger partial charge in [-0.05, 0) is 18.9 Å². The maximum atomic E-state index is 11.5. The molecule has 6 heteroatoms. The first-order chi connectivity index (χ1) is 9.20. The first kappa shape index (κ1) is 18.0. The van der Waals surface area contributed by atoms with Crippen LogP contribution in [0.3, 0.4) is 0 Å². The number of rotatable bonds is 2. The summed E-state index contributed by atoms with van der Waals surface area (Å²) in [5, 5.41) is 9.32. The van der Waals surface area contributed by atoms with Gasteiger partial charge in [0, 0.05) is 11.4 Å². The van der Waals surface area contributed by atoms with Crippen molar-refractivity contribution in [3.8, 4) is 0 Å². The van der Waals surface area contributed by atoms with E-state index < -0.39 is 0 Å². The van der Waals surface area contributed by atoms with E-state index in [1.807, 2.05) is 27.7 Å². The van der Waals surface area contributed by atoms with E-state index >= 15 is 0 Å². The van der Waals surface area contributed by atoms with Crippen LogP contribution in [0.15, 0.2) is 17.1 Å². The Morgan fingerprint density at radius 3 is 2.53 bits per heavy atom. The van der Waals surface area contributed by atoms with Gasteiger partial charge in [0.2, 0.25) is 0 Å². The second kappa shape index (κ2) is 9.86. The van der Waals surface area contributed by atoms with E-state index in [1.165, 1.54) is 0 Å². The molecule has 3 N–H and O–H groups in total. The Hall–Kier alpha value is -1.01. The third kappa shape index (κ3) is 5.24. The highest BCUT2D eigenvalue weighted by Crippen LogP contribution is 2.40. The summed E-state index contributed by atoms with van der Waals surface area (Å²) >= 11 is 1.62. The molecule has 5 nitrogen and oxygen atoms in total. The Bertz CT molecular complexity index is 409. The number of nitrogens with two attached hydrogens (primary N) is 1. The van der Waals surface area contributed by atoms with Crippen molar-refractivity contribution in [1.29, 1.82) is 0 Å². The first-order valence-electron chi connectivity index (χ1n) is 6.81. The molecule has 0 aromatic carbocycles. The number of thioether (sulfide) groups is 1. The second-order valence-electron chi connectivity index (χ2n) is 3.51. The van der Waals surface area contributed by atoms with E-state index in [9.17, 15) is 4.79 Å². The van der Waals surface area contributed by atoms with E-state index in [0.29, 0.717) is 0 Å². The molecule has 1 aromatic heterocycles. The molecular weight excluding hydrogens is 262 g/mol. The fourth-order valence-corrected chi connectivity index (χ4v) is 3.04. The molecule has 0 aliphatic carbocycles. The van der Waals surface area contributed by atoms with E-state index in [0.717, 1.165) is 12.8 Å². The summed E-state index contributed by atoms with van der Waals surface area (Å²) in [7, 11) is 0. The minimum absolute atomic E-state index is 0.0859. The maximum absolute atomic E-state index is 11.5. The van der Waals surface area contributed by atoms with Gasteiger partial charge in [0.15, 0.2) is 0 Å². The number of aliphatic hydroxyl groups excluding tert-OH is 1. The topological polar surface area (TPSA) is 81.1 Å². The number of aliphatic hydroxyl groups is 1. The molecule has 1 saturated heterocycles. The number of anilines is 1. The highest BCUT2D eigenvalue weighted by Gasteiger charge is 2.26. The lowest BCUT2D eigenvalue weighted by Gasteiger charge is -2.12. The van der Waals surface area contributed by atoms with Crippen LogP contribution >= 0.6 is 11.8 Å². The lowest BCUT2D eigenvalue weighted by atomic mass is 10.2. The smallest absolute Gasteiger partial charge is 0.350 e. The average Bonchev–Trinajstić information content (AvgIpc) is 2.92. The summed E-state index contributed by atoms with van der Waals surface area (Å²) in [6.45, 7) is 8.16. The van der Waals surface area contributed by atoms with Crippen LogP contribution in [-0.4, -0.2) is 26.5 Å². The molecule has 19 heavy (non-hydrogen) atoms. The number of nitrogen functional groups attached to an aromatic ring is 1. The molecule has 0 amide bonds. The van der Waals surface area contributed by atoms with Crippen LogP contribution in [0.1, 0.15) is 45.9 Å². The van der Waals surface area contributed by atoms with Crippen LogP contribution in [0.4, 0.5) is 5.82 Å². The lowest BCUT2D eigenvalue weighted by Crippen LogP contribution is -2.24. The van der Waals surface area contributed by atoms with E-state index in [-0.39, 0.29) is 28.7 Å². The predicted molar refractivity (Wildman–Crippen MR) is 82.3 cm³/mol. The van der Waals surface area contributed by atoms with Crippen LogP contribution in [0.5, 0.6) is 0 Å². The third-order valence-electron chi connectivity index (χ3n) is 2.45. The minimum atomic E-state index is -0.314. The van der Waals surface area contributed by atoms with Crippen LogP contribution < -0.4 is 11.4 Å². The van der Waals surface area contributed by atoms with Crippen molar-refractivity contribution < 1.29 is 5.11 Å². The average molecular weight is 287 g/mol. The van der Waals surface area contributed by atoms with Crippen molar-refractivity contribution >= 4 is 17.6 Å². The van der Waals surface area contributed by atoms with Crippen molar-refractivity contribution in [2.45, 2.75) is 51.2 Å². The Kier molecular flexibility index (Phi) is 9.34. The molecule has 0 saturated carbocycles. The Morgan fingerprint density at radius 1 is 1.42 bits per heavy atom. The van der Waals surface area contributed by atoms with Gasteiger partial charge in [-0.25, -0.2) is 4.79 Å². The molecule has 1 aromatic rings. The fraction of sp³-hybridized carbons (Fsp3) is 0.692. The summed E-state index contributed by atoms with van der Waals surface area (Å²) in [5.41, 5.74) is 5.09. The Balaban J connectivity index is 0.000000741. The summed E-state index contributed by atoms with van der Waals surface area (Å²) in [6, 6.07) is 1.62.